The van der Waals surface area contributed by atoms with Gasteiger partial charge in [0.15, 0.2) is 6.29 Å². The average Bonchev–Trinajstić information content (AvgIpc) is 2.84. The standard InChI is InChI=1S/C11H14O2/c12-9-11(7-2-8-13-11)6-1-3-10-4-5-10/h9-10H,2,4-8H2. The van der Waals surface area contributed by atoms with Gasteiger partial charge in [0.1, 0.15) is 5.60 Å². The lowest BCUT2D eigenvalue weighted by Gasteiger charge is -2.17. The Hall–Kier alpha value is -0.810. The van der Waals surface area contributed by atoms with Crippen molar-refractivity contribution in [2.75, 3.05) is 6.61 Å². The molecule has 2 fully saturated rings. The maximum atomic E-state index is 10.8. The number of rotatable bonds is 2. The van der Waals surface area contributed by atoms with E-state index in [4.69, 9.17) is 4.74 Å². The number of ether oxygens (including phenoxy) is 1. The minimum atomic E-state index is -0.554. The molecule has 2 heteroatoms. The van der Waals surface area contributed by atoms with E-state index in [0.29, 0.717) is 18.9 Å². The predicted molar refractivity (Wildman–Crippen MR) is 49.1 cm³/mol. The number of carbonyl (C=O) groups is 1. The van der Waals surface area contributed by atoms with Gasteiger partial charge in [-0.2, -0.15) is 0 Å². The number of carbonyl (C=O) groups excluding carboxylic acids is 1. The van der Waals surface area contributed by atoms with Crippen molar-refractivity contribution in [3.63, 3.8) is 0 Å². The van der Waals surface area contributed by atoms with Crippen LogP contribution in [0.4, 0.5) is 0 Å². The first-order valence-electron chi connectivity index (χ1n) is 4.93. The number of hydrogen-bond acceptors (Lipinski definition) is 2. The molecule has 0 aromatic heterocycles. The quantitative estimate of drug-likeness (QED) is 0.473. The summed E-state index contributed by atoms with van der Waals surface area (Å²) in [5.74, 6) is 6.84. The molecular weight excluding hydrogens is 164 g/mol. The fourth-order valence-electron chi connectivity index (χ4n) is 1.57. The highest BCUT2D eigenvalue weighted by atomic mass is 16.5. The molecular formula is C11H14O2. The van der Waals surface area contributed by atoms with Crippen molar-refractivity contribution in [1.82, 2.24) is 0 Å². The molecule has 0 amide bonds. The molecule has 0 N–H and O–H groups in total. The SMILES string of the molecule is O=CC1(CC#CC2CC2)CCCO1. The molecule has 1 aliphatic carbocycles. The lowest BCUT2D eigenvalue weighted by atomic mass is 9.98. The molecule has 2 nitrogen and oxygen atoms in total. The minimum Gasteiger partial charge on any atom is -0.367 e. The first-order valence-corrected chi connectivity index (χ1v) is 4.93. The highest BCUT2D eigenvalue weighted by molar-refractivity contribution is 5.63. The summed E-state index contributed by atoms with van der Waals surface area (Å²) in [5, 5.41) is 0. The maximum Gasteiger partial charge on any atom is 0.152 e. The lowest BCUT2D eigenvalue weighted by molar-refractivity contribution is -0.125. The van der Waals surface area contributed by atoms with E-state index in [-0.39, 0.29) is 0 Å². The molecule has 70 valence electrons. The maximum absolute atomic E-state index is 10.8. The van der Waals surface area contributed by atoms with Gasteiger partial charge in [-0.1, -0.05) is 11.8 Å². The van der Waals surface area contributed by atoms with Crippen LogP contribution >= 0.6 is 0 Å². The van der Waals surface area contributed by atoms with E-state index in [1.807, 2.05) is 0 Å². The topological polar surface area (TPSA) is 26.3 Å². The van der Waals surface area contributed by atoms with E-state index in [1.165, 1.54) is 12.8 Å². The van der Waals surface area contributed by atoms with Crippen LogP contribution in [-0.4, -0.2) is 18.5 Å². The summed E-state index contributed by atoms with van der Waals surface area (Å²) < 4.78 is 5.42. The summed E-state index contributed by atoms with van der Waals surface area (Å²) in [5.41, 5.74) is -0.554. The van der Waals surface area contributed by atoms with Crippen LogP contribution < -0.4 is 0 Å². The van der Waals surface area contributed by atoms with Crippen LogP contribution in [0.1, 0.15) is 32.1 Å². The van der Waals surface area contributed by atoms with Crippen molar-refractivity contribution in [2.24, 2.45) is 5.92 Å². The largest absolute Gasteiger partial charge is 0.367 e. The third kappa shape index (κ3) is 2.10. The Labute approximate surface area is 78.7 Å². The Morgan fingerprint density at radius 1 is 1.54 bits per heavy atom. The summed E-state index contributed by atoms with van der Waals surface area (Å²) in [7, 11) is 0. The van der Waals surface area contributed by atoms with Gasteiger partial charge < -0.3 is 9.53 Å². The molecule has 1 unspecified atom stereocenters. The van der Waals surface area contributed by atoms with Crippen molar-refractivity contribution in [1.29, 1.82) is 0 Å². The summed E-state index contributed by atoms with van der Waals surface area (Å²) >= 11 is 0. The second-order valence-corrected chi connectivity index (χ2v) is 3.91. The number of aldehydes is 1. The molecule has 1 saturated heterocycles. The van der Waals surface area contributed by atoms with E-state index in [9.17, 15) is 4.79 Å². The van der Waals surface area contributed by atoms with Crippen LogP contribution in [0.3, 0.4) is 0 Å². The Bertz CT molecular complexity index is 249. The van der Waals surface area contributed by atoms with E-state index in [1.54, 1.807) is 0 Å². The first-order chi connectivity index (χ1) is 6.35. The number of hydrogen-bond donors (Lipinski definition) is 0. The van der Waals surface area contributed by atoms with Crippen molar-refractivity contribution in [3.05, 3.63) is 0 Å². The van der Waals surface area contributed by atoms with Crippen LogP contribution in [0.2, 0.25) is 0 Å². The van der Waals surface area contributed by atoms with Gasteiger partial charge in [0.25, 0.3) is 0 Å². The highest BCUT2D eigenvalue weighted by Crippen LogP contribution is 2.29. The summed E-state index contributed by atoms with van der Waals surface area (Å²) in [6, 6.07) is 0. The van der Waals surface area contributed by atoms with Crippen LogP contribution in [0.25, 0.3) is 0 Å². The van der Waals surface area contributed by atoms with Crippen LogP contribution in [0, 0.1) is 17.8 Å². The van der Waals surface area contributed by atoms with Gasteiger partial charge in [-0.25, -0.2) is 0 Å². The van der Waals surface area contributed by atoms with Gasteiger partial charge >= 0.3 is 0 Å². The first kappa shape index (κ1) is 8.77. The second kappa shape index (κ2) is 3.51. The molecule has 2 aliphatic rings. The molecule has 0 radical (unpaired) electrons. The molecule has 1 heterocycles. The predicted octanol–water partition coefficient (Wildman–Crippen LogP) is 1.54. The smallest absolute Gasteiger partial charge is 0.152 e. The molecule has 13 heavy (non-hydrogen) atoms. The van der Waals surface area contributed by atoms with Gasteiger partial charge in [0, 0.05) is 18.9 Å². The van der Waals surface area contributed by atoms with E-state index >= 15 is 0 Å². The third-order valence-corrected chi connectivity index (χ3v) is 2.62. The Morgan fingerprint density at radius 3 is 2.92 bits per heavy atom. The normalized spacial score (nSPS) is 32.3. The van der Waals surface area contributed by atoms with E-state index in [2.05, 4.69) is 11.8 Å². The summed E-state index contributed by atoms with van der Waals surface area (Å²) in [4.78, 5) is 10.8. The fraction of sp³-hybridized carbons (Fsp3) is 0.727. The van der Waals surface area contributed by atoms with Crippen molar-refractivity contribution in [3.8, 4) is 11.8 Å². The molecule has 0 aromatic rings. The van der Waals surface area contributed by atoms with Crippen molar-refractivity contribution in [2.45, 2.75) is 37.7 Å². The fourth-order valence-corrected chi connectivity index (χ4v) is 1.57. The minimum absolute atomic E-state index is 0.554. The van der Waals surface area contributed by atoms with Crippen molar-refractivity contribution < 1.29 is 9.53 Å². The summed E-state index contributed by atoms with van der Waals surface area (Å²) in [6.07, 6.45) is 5.83. The van der Waals surface area contributed by atoms with Gasteiger partial charge in [0.05, 0.1) is 0 Å². The zero-order valence-electron chi connectivity index (χ0n) is 7.71. The Balaban J connectivity index is 1.90. The van der Waals surface area contributed by atoms with Crippen LogP contribution in [-0.2, 0) is 9.53 Å². The Kier molecular flexibility index (Phi) is 2.37. The van der Waals surface area contributed by atoms with Gasteiger partial charge in [-0.3, -0.25) is 0 Å². The molecule has 1 atom stereocenters. The molecule has 1 saturated carbocycles. The van der Waals surface area contributed by atoms with E-state index in [0.717, 1.165) is 19.1 Å². The third-order valence-electron chi connectivity index (χ3n) is 2.62. The molecule has 0 bridgehead atoms. The van der Waals surface area contributed by atoms with Crippen molar-refractivity contribution >= 4 is 6.29 Å². The van der Waals surface area contributed by atoms with E-state index < -0.39 is 5.60 Å². The van der Waals surface area contributed by atoms with Gasteiger partial charge in [-0.05, 0) is 25.7 Å². The van der Waals surface area contributed by atoms with Gasteiger partial charge in [-0.15, -0.1) is 0 Å². The van der Waals surface area contributed by atoms with Crippen LogP contribution in [0.5, 0.6) is 0 Å². The molecule has 2 rings (SSSR count). The summed E-state index contributed by atoms with van der Waals surface area (Å²) in [6.45, 7) is 0.712. The van der Waals surface area contributed by atoms with Gasteiger partial charge in [0.2, 0.25) is 0 Å². The Morgan fingerprint density at radius 2 is 2.38 bits per heavy atom. The highest BCUT2D eigenvalue weighted by Gasteiger charge is 2.34. The zero-order valence-corrected chi connectivity index (χ0v) is 7.71. The second-order valence-electron chi connectivity index (χ2n) is 3.91. The molecule has 0 spiro atoms. The van der Waals surface area contributed by atoms with Crippen LogP contribution in [0.15, 0.2) is 0 Å². The zero-order chi connectivity index (χ0) is 9.15. The monoisotopic (exact) mass is 178 g/mol. The molecule has 1 aliphatic heterocycles. The lowest BCUT2D eigenvalue weighted by Crippen LogP contribution is -2.28. The average molecular weight is 178 g/mol. The molecule has 0 aromatic carbocycles.